The second-order valence-electron chi connectivity index (χ2n) is 5.91. The van der Waals surface area contributed by atoms with E-state index in [0.717, 1.165) is 22.4 Å². The molecule has 0 aliphatic heterocycles. The monoisotopic (exact) mass is 379 g/mol. The van der Waals surface area contributed by atoms with Crippen molar-refractivity contribution < 1.29 is 14.3 Å². The van der Waals surface area contributed by atoms with Gasteiger partial charge in [0.2, 0.25) is 0 Å². The predicted molar refractivity (Wildman–Crippen MR) is 100 cm³/mol. The second-order valence-corrected chi connectivity index (χ2v) is 6.72. The maximum atomic E-state index is 12.0. The highest BCUT2D eigenvalue weighted by atomic mass is 35.5. The van der Waals surface area contributed by atoms with Crippen molar-refractivity contribution in [2.75, 3.05) is 11.9 Å². The van der Waals surface area contributed by atoms with E-state index in [1.165, 1.54) is 0 Å². The van der Waals surface area contributed by atoms with E-state index in [0.29, 0.717) is 15.6 Å². The van der Waals surface area contributed by atoms with E-state index in [-0.39, 0.29) is 18.9 Å². The average Bonchev–Trinajstić information content (AvgIpc) is 2.52. The van der Waals surface area contributed by atoms with Crippen LogP contribution in [0, 0.1) is 20.8 Å². The van der Waals surface area contributed by atoms with Gasteiger partial charge in [0.1, 0.15) is 0 Å². The highest BCUT2D eigenvalue weighted by Crippen LogP contribution is 2.23. The van der Waals surface area contributed by atoms with Crippen molar-refractivity contribution in [2.24, 2.45) is 0 Å². The van der Waals surface area contributed by atoms with Crippen LogP contribution in [0.4, 0.5) is 5.69 Å². The van der Waals surface area contributed by atoms with E-state index >= 15 is 0 Å². The van der Waals surface area contributed by atoms with Crippen LogP contribution in [0.5, 0.6) is 0 Å². The lowest BCUT2D eigenvalue weighted by Gasteiger charge is -2.13. The van der Waals surface area contributed by atoms with Gasteiger partial charge in [-0.2, -0.15) is 0 Å². The van der Waals surface area contributed by atoms with Crippen LogP contribution in [-0.2, 0) is 20.7 Å². The number of hydrogen-bond donors (Lipinski definition) is 1. The third kappa shape index (κ3) is 5.48. The minimum Gasteiger partial charge on any atom is -0.455 e. The number of carbonyl (C=O) groups is 2. The van der Waals surface area contributed by atoms with Gasteiger partial charge in [0.05, 0.1) is 16.5 Å². The van der Waals surface area contributed by atoms with E-state index < -0.39 is 5.97 Å². The van der Waals surface area contributed by atoms with Crippen molar-refractivity contribution in [1.29, 1.82) is 0 Å². The molecule has 0 bridgehead atoms. The standard InChI is InChI=1S/C19H19Cl2NO3/c1-11-6-12(2)19(13(3)7-11)22-17(23)10-25-18(24)9-14-4-5-15(20)16(21)8-14/h4-8H,9-10H2,1-3H3,(H,22,23). The molecule has 0 aromatic heterocycles. The Morgan fingerprint density at radius 2 is 1.64 bits per heavy atom. The zero-order valence-electron chi connectivity index (χ0n) is 14.3. The van der Waals surface area contributed by atoms with Gasteiger partial charge >= 0.3 is 5.97 Å². The fourth-order valence-corrected chi connectivity index (χ4v) is 2.89. The van der Waals surface area contributed by atoms with Gasteiger partial charge in [-0.05, 0) is 49.6 Å². The third-order valence-corrected chi connectivity index (χ3v) is 4.38. The van der Waals surface area contributed by atoms with Gasteiger partial charge in [-0.3, -0.25) is 9.59 Å². The Morgan fingerprint density at radius 3 is 2.24 bits per heavy atom. The number of esters is 1. The molecule has 0 aliphatic rings. The number of benzene rings is 2. The van der Waals surface area contributed by atoms with E-state index in [1.54, 1.807) is 18.2 Å². The van der Waals surface area contributed by atoms with Gasteiger partial charge in [0.25, 0.3) is 5.91 Å². The molecule has 0 radical (unpaired) electrons. The molecular weight excluding hydrogens is 361 g/mol. The van der Waals surface area contributed by atoms with Crippen LogP contribution in [0.15, 0.2) is 30.3 Å². The predicted octanol–water partition coefficient (Wildman–Crippen LogP) is 4.64. The fourth-order valence-electron chi connectivity index (χ4n) is 2.57. The van der Waals surface area contributed by atoms with Crippen LogP contribution < -0.4 is 5.32 Å². The highest BCUT2D eigenvalue weighted by molar-refractivity contribution is 6.42. The molecule has 0 atom stereocenters. The quantitative estimate of drug-likeness (QED) is 0.769. The summed E-state index contributed by atoms with van der Waals surface area (Å²) in [5.41, 5.74) is 4.48. The normalized spacial score (nSPS) is 10.4. The lowest BCUT2D eigenvalue weighted by atomic mass is 10.1. The molecule has 0 spiro atoms. The number of ether oxygens (including phenoxy) is 1. The summed E-state index contributed by atoms with van der Waals surface area (Å²) in [5.74, 6) is -0.886. The smallest absolute Gasteiger partial charge is 0.310 e. The summed E-state index contributed by atoms with van der Waals surface area (Å²) in [5, 5.41) is 3.58. The van der Waals surface area contributed by atoms with Crippen LogP contribution >= 0.6 is 23.2 Å². The number of anilines is 1. The molecule has 0 unspecified atom stereocenters. The molecule has 4 nitrogen and oxygen atoms in total. The lowest BCUT2D eigenvalue weighted by Crippen LogP contribution is -2.22. The Kier molecular flexibility index (Phi) is 6.45. The molecule has 2 aromatic carbocycles. The van der Waals surface area contributed by atoms with Gasteiger partial charge in [-0.25, -0.2) is 0 Å². The highest BCUT2D eigenvalue weighted by Gasteiger charge is 2.12. The summed E-state index contributed by atoms with van der Waals surface area (Å²) >= 11 is 11.7. The van der Waals surface area contributed by atoms with Crippen molar-refractivity contribution in [3.05, 3.63) is 62.6 Å². The minimum absolute atomic E-state index is 0.0206. The number of amides is 1. The molecule has 0 heterocycles. The van der Waals surface area contributed by atoms with Gasteiger partial charge < -0.3 is 10.1 Å². The molecule has 1 N–H and O–H groups in total. The lowest BCUT2D eigenvalue weighted by molar-refractivity contribution is -0.146. The molecule has 132 valence electrons. The summed E-state index contributed by atoms with van der Waals surface area (Å²) in [6.45, 7) is 5.50. The molecule has 0 saturated carbocycles. The Bertz CT molecular complexity index is 795. The summed E-state index contributed by atoms with van der Waals surface area (Å²) in [6.07, 6.45) is 0.0206. The second kappa shape index (κ2) is 8.37. The Balaban J connectivity index is 1.89. The summed E-state index contributed by atoms with van der Waals surface area (Å²) in [7, 11) is 0. The first-order valence-electron chi connectivity index (χ1n) is 7.73. The van der Waals surface area contributed by atoms with Gasteiger partial charge in [0.15, 0.2) is 6.61 Å². The maximum absolute atomic E-state index is 12.0. The van der Waals surface area contributed by atoms with Gasteiger partial charge in [0, 0.05) is 5.69 Å². The number of halogens is 2. The van der Waals surface area contributed by atoms with Crippen molar-refractivity contribution in [3.63, 3.8) is 0 Å². The summed E-state index contributed by atoms with van der Waals surface area (Å²) < 4.78 is 5.03. The topological polar surface area (TPSA) is 55.4 Å². The molecule has 0 fully saturated rings. The zero-order valence-corrected chi connectivity index (χ0v) is 15.8. The van der Waals surface area contributed by atoms with Crippen molar-refractivity contribution >= 4 is 40.8 Å². The first-order chi connectivity index (χ1) is 11.8. The van der Waals surface area contributed by atoms with Crippen LogP contribution in [0.1, 0.15) is 22.3 Å². The van der Waals surface area contributed by atoms with E-state index in [9.17, 15) is 9.59 Å². The number of aryl methyl sites for hydroxylation is 3. The van der Waals surface area contributed by atoms with E-state index in [4.69, 9.17) is 27.9 Å². The van der Waals surface area contributed by atoms with Crippen LogP contribution in [0.3, 0.4) is 0 Å². The molecule has 6 heteroatoms. The Labute approximate surface area is 157 Å². The van der Waals surface area contributed by atoms with Crippen molar-refractivity contribution in [3.8, 4) is 0 Å². The first kappa shape index (κ1) is 19.3. The van der Waals surface area contributed by atoms with Crippen LogP contribution in [0.2, 0.25) is 10.0 Å². The Morgan fingerprint density at radius 1 is 1.00 bits per heavy atom. The molecular formula is C19H19Cl2NO3. The molecule has 1 amide bonds. The molecule has 2 aromatic rings. The average molecular weight is 380 g/mol. The summed E-state index contributed by atoms with van der Waals surface area (Å²) in [6, 6.07) is 8.87. The van der Waals surface area contributed by atoms with Gasteiger partial charge in [-0.1, -0.05) is 47.0 Å². The van der Waals surface area contributed by atoms with Crippen LogP contribution in [0.25, 0.3) is 0 Å². The van der Waals surface area contributed by atoms with Crippen molar-refractivity contribution in [1.82, 2.24) is 0 Å². The number of hydrogen-bond acceptors (Lipinski definition) is 3. The minimum atomic E-state index is -0.508. The van der Waals surface area contributed by atoms with Crippen molar-refractivity contribution in [2.45, 2.75) is 27.2 Å². The Hall–Kier alpha value is -2.04. The fraction of sp³-hybridized carbons (Fsp3) is 0.263. The number of nitrogens with one attached hydrogen (secondary N) is 1. The summed E-state index contributed by atoms with van der Waals surface area (Å²) in [4.78, 5) is 23.9. The first-order valence-corrected chi connectivity index (χ1v) is 8.49. The van der Waals surface area contributed by atoms with Crippen LogP contribution in [-0.4, -0.2) is 18.5 Å². The van der Waals surface area contributed by atoms with Gasteiger partial charge in [-0.15, -0.1) is 0 Å². The number of carbonyl (C=O) groups excluding carboxylic acids is 2. The van der Waals surface area contributed by atoms with E-state index in [2.05, 4.69) is 5.32 Å². The molecule has 0 saturated heterocycles. The van der Waals surface area contributed by atoms with E-state index in [1.807, 2.05) is 32.9 Å². The molecule has 0 aliphatic carbocycles. The number of rotatable bonds is 5. The molecule has 25 heavy (non-hydrogen) atoms. The molecule has 2 rings (SSSR count). The SMILES string of the molecule is Cc1cc(C)c(NC(=O)COC(=O)Cc2ccc(Cl)c(Cl)c2)c(C)c1. The largest absolute Gasteiger partial charge is 0.455 e. The maximum Gasteiger partial charge on any atom is 0.310 e. The zero-order chi connectivity index (χ0) is 18.6. The third-order valence-electron chi connectivity index (χ3n) is 3.64.